The molecule has 1 heterocycles. The van der Waals surface area contributed by atoms with Gasteiger partial charge in [0.2, 0.25) is 0 Å². The molecule has 3 aromatic rings. The molecule has 1 aliphatic heterocycles. The van der Waals surface area contributed by atoms with Gasteiger partial charge in [-0.3, -0.25) is 0 Å². The highest BCUT2D eigenvalue weighted by Crippen LogP contribution is 2.39. The molecule has 3 aromatic carbocycles. The third-order valence-electron chi connectivity index (χ3n) is 6.60. The topological polar surface area (TPSA) is 27.7 Å². The van der Waals surface area contributed by atoms with Gasteiger partial charge in [0, 0.05) is 13.0 Å². The van der Waals surface area contributed by atoms with E-state index in [-0.39, 0.29) is 17.2 Å². The maximum absolute atomic E-state index is 7.32. The maximum atomic E-state index is 7.32. The standard InChI is InChI=1S/C29H36O3Si/c1-23-13-11-12-18-28(23)31-22-25-21-24(19-20-30-25)32-33(29(2,3)4,26-14-7-5-8-15-26)27-16-9-6-10-17-27/h5-18,24-25H,19-22H2,1-4H3/t24-,25+/m1/s1. The van der Waals surface area contributed by atoms with E-state index >= 15 is 0 Å². The van der Waals surface area contributed by atoms with Crippen molar-refractivity contribution in [2.45, 2.75) is 57.8 Å². The Hall–Kier alpha value is -2.40. The summed E-state index contributed by atoms with van der Waals surface area (Å²) < 4.78 is 19.5. The van der Waals surface area contributed by atoms with Crippen molar-refractivity contribution in [3.63, 3.8) is 0 Å². The Kier molecular flexibility index (Phi) is 7.37. The first-order chi connectivity index (χ1) is 15.9. The first-order valence-corrected chi connectivity index (χ1v) is 13.9. The summed E-state index contributed by atoms with van der Waals surface area (Å²) in [5.41, 5.74) is 1.15. The van der Waals surface area contributed by atoms with Crippen molar-refractivity contribution < 1.29 is 13.9 Å². The number of hydrogen-bond acceptors (Lipinski definition) is 3. The van der Waals surface area contributed by atoms with Crippen LogP contribution in [-0.4, -0.2) is 33.7 Å². The zero-order valence-electron chi connectivity index (χ0n) is 20.3. The highest BCUT2D eigenvalue weighted by Gasteiger charge is 2.51. The lowest BCUT2D eigenvalue weighted by molar-refractivity contribution is -0.0553. The molecule has 1 saturated heterocycles. The van der Waals surface area contributed by atoms with E-state index in [0.717, 1.165) is 24.2 Å². The van der Waals surface area contributed by atoms with Crippen LogP contribution in [0, 0.1) is 6.92 Å². The highest BCUT2D eigenvalue weighted by atomic mass is 28.4. The van der Waals surface area contributed by atoms with Gasteiger partial charge in [-0.25, -0.2) is 0 Å². The van der Waals surface area contributed by atoms with Gasteiger partial charge in [-0.2, -0.15) is 0 Å². The van der Waals surface area contributed by atoms with E-state index in [9.17, 15) is 0 Å². The fourth-order valence-electron chi connectivity index (χ4n) is 4.91. The van der Waals surface area contributed by atoms with Crippen LogP contribution in [0.1, 0.15) is 39.2 Å². The lowest BCUT2D eigenvalue weighted by atomic mass is 10.1. The largest absolute Gasteiger partial charge is 0.491 e. The van der Waals surface area contributed by atoms with Gasteiger partial charge in [0.1, 0.15) is 12.4 Å². The van der Waals surface area contributed by atoms with E-state index in [1.54, 1.807) is 0 Å². The zero-order valence-corrected chi connectivity index (χ0v) is 21.3. The predicted octanol–water partition coefficient (Wildman–Crippen LogP) is 5.50. The van der Waals surface area contributed by atoms with Gasteiger partial charge in [-0.1, -0.05) is 99.6 Å². The molecule has 0 amide bonds. The van der Waals surface area contributed by atoms with Crippen molar-refractivity contribution in [2.24, 2.45) is 0 Å². The molecule has 2 atom stereocenters. The molecular weight excluding hydrogens is 424 g/mol. The van der Waals surface area contributed by atoms with Crippen molar-refractivity contribution in [2.75, 3.05) is 13.2 Å². The molecule has 0 N–H and O–H groups in total. The molecule has 3 nitrogen and oxygen atoms in total. The van der Waals surface area contributed by atoms with Crippen molar-refractivity contribution in [3.8, 4) is 5.75 Å². The van der Waals surface area contributed by atoms with Crippen LogP contribution in [0.3, 0.4) is 0 Å². The smallest absolute Gasteiger partial charge is 0.261 e. The van der Waals surface area contributed by atoms with Crippen LogP contribution < -0.4 is 15.1 Å². The second-order valence-electron chi connectivity index (χ2n) is 10.00. The minimum Gasteiger partial charge on any atom is -0.491 e. The van der Waals surface area contributed by atoms with Crippen molar-refractivity contribution >= 4 is 18.7 Å². The Balaban J connectivity index is 1.59. The maximum Gasteiger partial charge on any atom is 0.261 e. The van der Waals surface area contributed by atoms with Crippen molar-refractivity contribution in [3.05, 3.63) is 90.5 Å². The lowest BCUT2D eigenvalue weighted by Crippen LogP contribution is -2.68. The summed E-state index contributed by atoms with van der Waals surface area (Å²) in [7, 11) is -2.56. The van der Waals surface area contributed by atoms with Crippen LogP contribution >= 0.6 is 0 Å². The third kappa shape index (κ3) is 5.24. The average Bonchev–Trinajstić information content (AvgIpc) is 2.83. The van der Waals surface area contributed by atoms with Crippen LogP contribution in [0.2, 0.25) is 5.04 Å². The van der Waals surface area contributed by atoms with Gasteiger partial charge in [0.15, 0.2) is 0 Å². The minimum atomic E-state index is -2.56. The molecule has 0 bridgehead atoms. The molecule has 0 unspecified atom stereocenters. The quantitative estimate of drug-likeness (QED) is 0.436. The lowest BCUT2D eigenvalue weighted by Gasteiger charge is -2.46. The Morgan fingerprint density at radius 1 is 0.848 bits per heavy atom. The van der Waals surface area contributed by atoms with E-state index in [0.29, 0.717) is 13.2 Å². The van der Waals surface area contributed by atoms with Crippen molar-refractivity contribution in [1.82, 2.24) is 0 Å². The SMILES string of the molecule is Cc1ccccc1OC[C@@H]1C[C@H](O[Si](c2ccccc2)(c2ccccc2)C(C)(C)C)CCO1. The summed E-state index contributed by atoms with van der Waals surface area (Å²) in [4.78, 5) is 0. The second-order valence-corrected chi connectivity index (χ2v) is 14.2. The van der Waals surface area contributed by atoms with Gasteiger partial charge in [0.05, 0.1) is 12.2 Å². The van der Waals surface area contributed by atoms with E-state index < -0.39 is 8.32 Å². The molecule has 33 heavy (non-hydrogen) atoms. The molecule has 0 aliphatic carbocycles. The summed E-state index contributed by atoms with van der Waals surface area (Å²) in [5, 5.41) is 2.62. The molecular formula is C29H36O3Si. The second kappa shape index (κ2) is 10.2. The number of para-hydroxylation sites is 1. The number of hydrogen-bond donors (Lipinski definition) is 0. The van der Waals surface area contributed by atoms with Gasteiger partial charge >= 0.3 is 0 Å². The number of benzene rings is 3. The summed E-state index contributed by atoms with van der Waals surface area (Å²) in [6, 6.07) is 29.9. The molecule has 0 saturated carbocycles. The molecule has 0 aromatic heterocycles. The summed E-state index contributed by atoms with van der Waals surface area (Å²) >= 11 is 0. The Labute approximate surface area is 199 Å². The zero-order chi connectivity index (χ0) is 23.3. The fraction of sp³-hybridized carbons (Fsp3) is 0.379. The van der Waals surface area contributed by atoms with E-state index in [1.807, 2.05) is 18.2 Å². The first-order valence-electron chi connectivity index (χ1n) is 12.0. The summed E-state index contributed by atoms with van der Waals surface area (Å²) in [5.74, 6) is 0.927. The summed E-state index contributed by atoms with van der Waals surface area (Å²) in [6.45, 7) is 10.3. The van der Waals surface area contributed by atoms with Crippen LogP contribution in [0.4, 0.5) is 0 Å². The summed E-state index contributed by atoms with van der Waals surface area (Å²) in [6.07, 6.45) is 1.92. The Morgan fingerprint density at radius 3 is 2.00 bits per heavy atom. The monoisotopic (exact) mass is 460 g/mol. The Morgan fingerprint density at radius 2 is 1.42 bits per heavy atom. The van der Waals surface area contributed by atoms with Gasteiger partial charge < -0.3 is 13.9 Å². The van der Waals surface area contributed by atoms with Gasteiger partial charge in [0.25, 0.3) is 8.32 Å². The molecule has 4 rings (SSSR count). The van der Waals surface area contributed by atoms with E-state index in [1.165, 1.54) is 10.4 Å². The van der Waals surface area contributed by atoms with E-state index in [2.05, 4.69) is 94.4 Å². The predicted molar refractivity (Wildman–Crippen MR) is 138 cm³/mol. The molecule has 0 spiro atoms. The molecule has 4 heteroatoms. The number of ether oxygens (including phenoxy) is 2. The Bertz CT molecular complexity index is 974. The fourth-order valence-corrected chi connectivity index (χ4v) is 9.64. The van der Waals surface area contributed by atoms with Crippen LogP contribution in [0.25, 0.3) is 0 Å². The van der Waals surface area contributed by atoms with Crippen LogP contribution in [-0.2, 0) is 9.16 Å². The van der Waals surface area contributed by atoms with Gasteiger partial charge in [-0.05, 0) is 40.4 Å². The van der Waals surface area contributed by atoms with Gasteiger partial charge in [-0.15, -0.1) is 0 Å². The van der Waals surface area contributed by atoms with Crippen LogP contribution in [0.5, 0.6) is 5.75 Å². The normalized spacial score (nSPS) is 19.3. The third-order valence-corrected chi connectivity index (χ3v) is 11.7. The average molecular weight is 461 g/mol. The molecule has 0 radical (unpaired) electrons. The number of rotatable bonds is 7. The van der Waals surface area contributed by atoms with Crippen molar-refractivity contribution in [1.29, 1.82) is 0 Å². The molecule has 1 fully saturated rings. The van der Waals surface area contributed by atoms with Crippen LogP contribution in [0.15, 0.2) is 84.9 Å². The minimum absolute atomic E-state index is 0.0266. The molecule has 174 valence electrons. The molecule has 1 aliphatic rings. The highest BCUT2D eigenvalue weighted by molar-refractivity contribution is 6.99. The first kappa shape index (κ1) is 23.7. The van der Waals surface area contributed by atoms with E-state index in [4.69, 9.17) is 13.9 Å². The number of aryl methyl sites for hydroxylation is 1.